The van der Waals surface area contributed by atoms with Gasteiger partial charge < -0.3 is 23.9 Å². The summed E-state index contributed by atoms with van der Waals surface area (Å²) >= 11 is 0. The smallest absolute Gasteiger partial charge is 0.427 e. The molecule has 0 aliphatic carbocycles. The summed E-state index contributed by atoms with van der Waals surface area (Å²) in [6.45, 7) is 1.11. The van der Waals surface area contributed by atoms with Crippen molar-refractivity contribution < 1.29 is 28.9 Å². The van der Waals surface area contributed by atoms with Gasteiger partial charge in [-0.2, -0.15) is 0 Å². The zero-order chi connectivity index (χ0) is 19.6. The fraction of sp³-hybridized carbons (Fsp3) is 0.421. The lowest BCUT2D eigenvalue weighted by atomic mass is 9.87. The van der Waals surface area contributed by atoms with E-state index in [1.165, 1.54) is 0 Å². The predicted octanol–water partition coefficient (Wildman–Crippen LogP) is 2.31. The topological polar surface area (TPSA) is 99.9 Å². The van der Waals surface area contributed by atoms with Crippen LogP contribution in [0.5, 0.6) is 5.75 Å². The standard InChI is InChI=1S/C19H24N2O6/c1-3-17(14(11-22)9-15-10-20-12-21(15)2)18(23)25-13-26-19(24)27-16-7-5-4-6-8-16/h4-8,10,12,14,17,22H,3,9,11,13H2,1-2H3/t14-,17?/m0/s1. The molecule has 0 aliphatic heterocycles. The molecule has 0 fully saturated rings. The van der Waals surface area contributed by atoms with Gasteiger partial charge in [0.15, 0.2) is 0 Å². The number of aryl methyl sites for hydroxylation is 1. The van der Waals surface area contributed by atoms with Gasteiger partial charge in [-0.25, -0.2) is 9.78 Å². The number of hydrogen-bond acceptors (Lipinski definition) is 7. The van der Waals surface area contributed by atoms with Crippen LogP contribution in [0, 0.1) is 11.8 Å². The molecule has 0 saturated heterocycles. The third-order valence-corrected chi connectivity index (χ3v) is 4.26. The van der Waals surface area contributed by atoms with E-state index >= 15 is 0 Å². The van der Waals surface area contributed by atoms with Crippen LogP contribution in [0.4, 0.5) is 4.79 Å². The van der Waals surface area contributed by atoms with Gasteiger partial charge in [-0.1, -0.05) is 25.1 Å². The molecule has 0 radical (unpaired) electrons. The highest BCUT2D eigenvalue weighted by molar-refractivity contribution is 5.73. The van der Waals surface area contributed by atoms with Crippen molar-refractivity contribution in [3.63, 3.8) is 0 Å². The largest absolute Gasteiger partial charge is 0.516 e. The molecule has 0 aliphatic rings. The van der Waals surface area contributed by atoms with Gasteiger partial charge in [0.1, 0.15) is 5.75 Å². The van der Waals surface area contributed by atoms with E-state index < -0.39 is 24.8 Å². The van der Waals surface area contributed by atoms with Crippen LogP contribution in [0.3, 0.4) is 0 Å². The second-order valence-corrected chi connectivity index (χ2v) is 6.05. The number of aliphatic hydroxyl groups excluding tert-OH is 1. The lowest BCUT2D eigenvalue weighted by Gasteiger charge is -2.23. The van der Waals surface area contributed by atoms with Crippen LogP contribution in [-0.2, 0) is 27.7 Å². The third kappa shape index (κ3) is 6.10. The Morgan fingerprint density at radius 2 is 1.96 bits per heavy atom. The van der Waals surface area contributed by atoms with E-state index in [1.54, 1.807) is 42.9 Å². The number of esters is 1. The van der Waals surface area contributed by atoms with Crippen LogP contribution >= 0.6 is 0 Å². The number of hydrogen-bond donors (Lipinski definition) is 1. The summed E-state index contributed by atoms with van der Waals surface area (Å²) in [5, 5.41) is 9.70. The fourth-order valence-electron chi connectivity index (χ4n) is 2.73. The van der Waals surface area contributed by atoms with E-state index in [0.29, 0.717) is 18.6 Å². The number of aromatic nitrogens is 2. The first-order chi connectivity index (χ1) is 13.0. The molecule has 1 unspecified atom stereocenters. The van der Waals surface area contributed by atoms with Gasteiger partial charge in [0.05, 0.1) is 12.2 Å². The Labute approximate surface area is 157 Å². The molecule has 1 aromatic heterocycles. The van der Waals surface area contributed by atoms with E-state index in [2.05, 4.69) is 4.98 Å². The first-order valence-corrected chi connectivity index (χ1v) is 8.67. The van der Waals surface area contributed by atoms with Crippen molar-refractivity contribution in [1.82, 2.24) is 9.55 Å². The predicted molar refractivity (Wildman–Crippen MR) is 95.8 cm³/mol. The van der Waals surface area contributed by atoms with Crippen LogP contribution in [0.2, 0.25) is 0 Å². The van der Waals surface area contributed by atoms with Gasteiger partial charge >= 0.3 is 12.1 Å². The molecule has 1 aromatic carbocycles. The average molecular weight is 376 g/mol. The van der Waals surface area contributed by atoms with Gasteiger partial charge in [0.2, 0.25) is 6.79 Å². The maximum atomic E-state index is 12.3. The third-order valence-electron chi connectivity index (χ3n) is 4.26. The Morgan fingerprint density at radius 1 is 1.22 bits per heavy atom. The maximum Gasteiger partial charge on any atom is 0.516 e. The summed E-state index contributed by atoms with van der Waals surface area (Å²) in [4.78, 5) is 28.0. The molecule has 27 heavy (non-hydrogen) atoms. The van der Waals surface area contributed by atoms with Crippen molar-refractivity contribution >= 4 is 12.1 Å². The molecule has 1 N–H and O–H groups in total. The molecule has 0 amide bonds. The molecule has 2 aromatic rings. The summed E-state index contributed by atoms with van der Waals surface area (Å²) in [5.74, 6) is -1.06. The zero-order valence-electron chi connectivity index (χ0n) is 15.4. The number of carbonyl (C=O) groups is 2. The van der Waals surface area contributed by atoms with Crippen molar-refractivity contribution in [2.75, 3.05) is 13.4 Å². The normalized spacial score (nSPS) is 12.9. The Hall–Kier alpha value is -2.87. The number of nitrogens with zero attached hydrogens (tertiary/aromatic N) is 2. The van der Waals surface area contributed by atoms with Crippen LogP contribution < -0.4 is 4.74 Å². The second kappa shape index (κ2) is 10.3. The zero-order valence-corrected chi connectivity index (χ0v) is 15.4. The average Bonchev–Trinajstić information content (AvgIpc) is 3.07. The lowest BCUT2D eigenvalue weighted by Crippen LogP contribution is -2.30. The first kappa shape index (κ1) is 20.4. The molecule has 8 nitrogen and oxygen atoms in total. The van der Waals surface area contributed by atoms with Crippen LogP contribution in [0.25, 0.3) is 0 Å². The van der Waals surface area contributed by atoms with Crippen LogP contribution in [-0.4, -0.2) is 40.2 Å². The van der Waals surface area contributed by atoms with E-state index in [4.69, 9.17) is 14.2 Å². The fourth-order valence-corrected chi connectivity index (χ4v) is 2.73. The highest BCUT2D eigenvalue weighted by atomic mass is 16.8. The lowest BCUT2D eigenvalue weighted by molar-refractivity contribution is -0.160. The van der Waals surface area contributed by atoms with E-state index in [0.717, 1.165) is 5.69 Å². The Bertz CT molecular complexity index is 731. The quantitative estimate of drug-likeness (QED) is 0.407. The van der Waals surface area contributed by atoms with Crippen molar-refractivity contribution in [2.24, 2.45) is 18.9 Å². The number of para-hydroxylation sites is 1. The summed E-state index contributed by atoms with van der Waals surface area (Å²) in [5.41, 5.74) is 0.906. The summed E-state index contributed by atoms with van der Waals surface area (Å²) < 4.78 is 16.6. The number of benzene rings is 1. The molecule has 2 atom stereocenters. The highest BCUT2D eigenvalue weighted by Crippen LogP contribution is 2.22. The van der Waals surface area contributed by atoms with Crippen molar-refractivity contribution in [3.05, 3.63) is 48.5 Å². The number of carbonyl (C=O) groups excluding carboxylic acids is 2. The van der Waals surface area contributed by atoms with Crippen molar-refractivity contribution in [3.8, 4) is 5.75 Å². The van der Waals surface area contributed by atoms with Crippen LogP contribution in [0.1, 0.15) is 19.0 Å². The SMILES string of the molecule is CCC(C(=O)OCOC(=O)Oc1ccccc1)[C@H](CO)Cc1cncn1C. The number of imidazole rings is 1. The number of ether oxygens (including phenoxy) is 3. The van der Waals surface area contributed by atoms with E-state index in [1.807, 2.05) is 18.5 Å². The van der Waals surface area contributed by atoms with E-state index in [9.17, 15) is 14.7 Å². The molecule has 0 saturated carbocycles. The molecular weight excluding hydrogens is 352 g/mol. The van der Waals surface area contributed by atoms with Gasteiger partial charge in [0, 0.05) is 31.5 Å². The summed E-state index contributed by atoms with van der Waals surface area (Å²) in [6.07, 6.45) is 3.36. The first-order valence-electron chi connectivity index (χ1n) is 8.67. The molecular formula is C19H24N2O6. The molecule has 1 heterocycles. The number of aliphatic hydroxyl groups is 1. The molecule has 0 bridgehead atoms. The highest BCUT2D eigenvalue weighted by Gasteiger charge is 2.29. The molecule has 146 valence electrons. The summed E-state index contributed by atoms with van der Waals surface area (Å²) in [6, 6.07) is 8.42. The van der Waals surface area contributed by atoms with Gasteiger partial charge in [0.25, 0.3) is 0 Å². The van der Waals surface area contributed by atoms with E-state index in [-0.39, 0.29) is 12.5 Å². The van der Waals surface area contributed by atoms with Gasteiger partial charge in [-0.3, -0.25) is 4.79 Å². The molecule has 8 heteroatoms. The Balaban J connectivity index is 1.82. The maximum absolute atomic E-state index is 12.3. The minimum atomic E-state index is -0.962. The molecule has 0 spiro atoms. The van der Waals surface area contributed by atoms with Gasteiger partial charge in [-0.05, 0) is 25.0 Å². The Morgan fingerprint density at radius 3 is 2.56 bits per heavy atom. The van der Waals surface area contributed by atoms with Gasteiger partial charge in [-0.15, -0.1) is 0 Å². The Kier molecular flexibility index (Phi) is 7.81. The van der Waals surface area contributed by atoms with Crippen LogP contribution in [0.15, 0.2) is 42.9 Å². The molecule has 2 rings (SSSR count). The monoisotopic (exact) mass is 376 g/mol. The minimum absolute atomic E-state index is 0.171. The van der Waals surface area contributed by atoms with Crippen molar-refractivity contribution in [2.45, 2.75) is 19.8 Å². The number of rotatable bonds is 9. The minimum Gasteiger partial charge on any atom is -0.427 e. The second-order valence-electron chi connectivity index (χ2n) is 6.05. The summed E-state index contributed by atoms with van der Waals surface area (Å²) in [7, 11) is 1.85. The van der Waals surface area contributed by atoms with Crippen molar-refractivity contribution in [1.29, 1.82) is 0 Å².